The van der Waals surface area contributed by atoms with Gasteiger partial charge in [0.15, 0.2) is 0 Å². The van der Waals surface area contributed by atoms with Crippen LogP contribution in [-0.4, -0.2) is 34.3 Å². The van der Waals surface area contributed by atoms with Gasteiger partial charge >= 0.3 is 5.97 Å². The summed E-state index contributed by atoms with van der Waals surface area (Å²) in [7, 11) is 0. The summed E-state index contributed by atoms with van der Waals surface area (Å²) in [5.74, 6) is -0.415. The standard InChI is InChI=1S/C12H12N2O3/c15-6-5-13-11-9-4-2-1-3-8(9)10(7-14-11)12(16)17/h1-4,7,15H,5-6H2,(H,13,14)(H,16,17). The van der Waals surface area contributed by atoms with E-state index in [1.807, 2.05) is 6.07 Å². The van der Waals surface area contributed by atoms with Gasteiger partial charge in [0.1, 0.15) is 5.82 Å². The Morgan fingerprint density at radius 1 is 1.29 bits per heavy atom. The Hall–Kier alpha value is -2.14. The average molecular weight is 232 g/mol. The molecule has 0 aliphatic heterocycles. The van der Waals surface area contributed by atoms with Crippen molar-refractivity contribution in [2.24, 2.45) is 0 Å². The summed E-state index contributed by atoms with van der Waals surface area (Å²) in [6.07, 6.45) is 1.32. The molecule has 0 atom stereocenters. The highest BCUT2D eigenvalue weighted by Gasteiger charge is 2.11. The lowest BCUT2D eigenvalue weighted by atomic mass is 10.1. The maximum absolute atomic E-state index is 11.0. The number of carboxylic acid groups (broad SMARTS) is 1. The first-order valence-corrected chi connectivity index (χ1v) is 5.20. The molecule has 2 rings (SSSR count). The number of hydrogen-bond acceptors (Lipinski definition) is 4. The molecule has 88 valence electrons. The number of pyridine rings is 1. The van der Waals surface area contributed by atoms with Crippen LogP contribution < -0.4 is 5.32 Å². The fourth-order valence-electron chi connectivity index (χ4n) is 1.68. The van der Waals surface area contributed by atoms with Crippen molar-refractivity contribution >= 4 is 22.6 Å². The van der Waals surface area contributed by atoms with Crippen LogP contribution in [0.25, 0.3) is 10.8 Å². The molecule has 2 aromatic rings. The van der Waals surface area contributed by atoms with E-state index in [0.29, 0.717) is 17.7 Å². The topological polar surface area (TPSA) is 82.5 Å². The van der Waals surface area contributed by atoms with E-state index in [1.165, 1.54) is 6.20 Å². The van der Waals surface area contributed by atoms with Crippen molar-refractivity contribution in [3.63, 3.8) is 0 Å². The summed E-state index contributed by atoms with van der Waals surface area (Å²) in [6.45, 7) is 0.375. The number of aliphatic hydroxyl groups excluding tert-OH is 1. The fourth-order valence-corrected chi connectivity index (χ4v) is 1.68. The monoisotopic (exact) mass is 232 g/mol. The van der Waals surface area contributed by atoms with Gasteiger partial charge in [-0.15, -0.1) is 0 Å². The van der Waals surface area contributed by atoms with Crippen molar-refractivity contribution in [3.05, 3.63) is 36.0 Å². The summed E-state index contributed by atoms with van der Waals surface area (Å²) in [5, 5.41) is 22.1. The van der Waals surface area contributed by atoms with Crippen LogP contribution in [0.1, 0.15) is 10.4 Å². The number of aromatic nitrogens is 1. The number of hydrogen-bond donors (Lipinski definition) is 3. The molecule has 0 saturated carbocycles. The summed E-state index contributed by atoms with van der Waals surface area (Å²) in [4.78, 5) is 15.1. The van der Waals surface area contributed by atoms with E-state index in [2.05, 4.69) is 10.3 Å². The van der Waals surface area contributed by atoms with E-state index < -0.39 is 5.97 Å². The van der Waals surface area contributed by atoms with Crippen LogP contribution in [0.4, 0.5) is 5.82 Å². The number of nitrogens with one attached hydrogen (secondary N) is 1. The van der Waals surface area contributed by atoms with Crippen LogP contribution in [0.2, 0.25) is 0 Å². The normalized spacial score (nSPS) is 10.4. The summed E-state index contributed by atoms with van der Waals surface area (Å²) in [5.41, 5.74) is 0.176. The Balaban J connectivity index is 2.58. The van der Waals surface area contributed by atoms with Crippen molar-refractivity contribution in [1.29, 1.82) is 0 Å². The van der Waals surface area contributed by atoms with Crippen LogP contribution in [0, 0.1) is 0 Å². The fraction of sp³-hybridized carbons (Fsp3) is 0.167. The van der Waals surface area contributed by atoms with Gasteiger partial charge in [-0.25, -0.2) is 9.78 Å². The van der Waals surface area contributed by atoms with E-state index in [0.717, 1.165) is 5.39 Å². The Morgan fingerprint density at radius 3 is 2.65 bits per heavy atom. The van der Waals surface area contributed by atoms with E-state index in [-0.39, 0.29) is 12.2 Å². The number of carbonyl (C=O) groups is 1. The molecule has 0 fully saturated rings. The molecule has 0 aliphatic carbocycles. The third-order valence-corrected chi connectivity index (χ3v) is 2.43. The average Bonchev–Trinajstić information content (AvgIpc) is 2.35. The molecule has 0 bridgehead atoms. The summed E-state index contributed by atoms with van der Waals surface area (Å²) < 4.78 is 0. The number of aliphatic hydroxyl groups is 1. The zero-order valence-corrected chi connectivity index (χ0v) is 9.05. The molecule has 3 N–H and O–H groups in total. The molecular weight excluding hydrogens is 220 g/mol. The largest absolute Gasteiger partial charge is 0.478 e. The first-order chi connectivity index (χ1) is 8.24. The highest BCUT2D eigenvalue weighted by atomic mass is 16.4. The number of anilines is 1. The SMILES string of the molecule is O=C(O)c1cnc(NCCO)c2ccccc12. The zero-order chi connectivity index (χ0) is 12.3. The molecule has 0 saturated heterocycles. The minimum Gasteiger partial charge on any atom is -0.478 e. The van der Waals surface area contributed by atoms with E-state index >= 15 is 0 Å². The maximum Gasteiger partial charge on any atom is 0.337 e. The van der Waals surface area contributed by atoms with Crippen molar-refractivity contribution in [2.45, 2.75) is 0 Å². The van der Waals surface area contributed by atoms with Gasteiger partial charge in [-0.3, -0.25) is 0 Å². The van der Waals surface area contributed by atoms with E-state index in [9.17, 15) is 4.79 Å². The Kier molecular flexibility index (Phi) is 3.20. The predicted molar refractivity (Wildman–Crippen MR) is 64.3 cm³/mol. The minimum absolute atomic E-state index is 0.00328. The Bertz CT molecular complexity index is 554. The second-order valence-electron chi connectivity index (χ2n) is 3.52. The zero-order valence-electron chi connectivity index (χ0n) is 9.05. The molecule has 1 aromatic heterocycles. The minimum atomic E-state index is -0.998. The van der Waals surface area contributed by atoms with Crippen LogP contribution in [0.3, 0.4) is 0 Å². The van der Waals surface area contributed by atoms with Gasteiger partial charge in [0.25, 0.3) is 0 Å². The van der Waals surface area contributed by atoms with Gasteiger partial charge < -0.3 is 15.5 Å². The molecule has 5 heteroatoms. The third kappa shape index (κ3) is 2.19. The molecule has 17 heavy (non-hydrogen) atoms. The molecular formula is C12H12N2O3. The lowest BCUT2D eigenvalue weighted by Crippen LogP contribution is -2.08. The van der Waals surface area contributed by atoms with Crippen molar-refractivity contribution in [3.8, 4) is 0 Å². The number of aromatic carboxylic acids is 1. The summed E-state index contributed by atoms with van der Waals surface area (Å²) in [6, 6.07) is 7.14. The van der Waals surface area contributed by atoms with Gasteiger partial charge in [0, 0.05) is 23.5 Å². The molecule has 0 aliphatic rings. The number of nitrogens with zero attached hydrogens (tertiary/aromatic N) is 1. The first-order valence-electron chi connectivity index (χ1n) is 5.20. The van der Waals surface area contributed by atoms with E-state index in [1.54, 1.807) is 18.2 Å². The molecule has 0 amide bonds. The highest BCUT2D eigenvalue weighted by molar-refractivity contribution is 6.06. The van der Waals surface area contributed by atoms with Crippen molar-refractivity contribution < 1.29 is 15.0 Å². The van der Waals surface area contributed by atoms with Crippen molar-refractivity contribution in [1.82, 2.24) is 4.98 Å². The molecule has 0 unspecified atom stereocenters. The lowest BCUT2D eigenvalue weighted by molar-refractivity contribution is 0.0698. The molecule has 1 heterocycles. The Labute approximate surface area is 97.7 Å². The predicted octanol–water partition coefficient (Wildman–Crippen LogP) is 1.34. The molecule has 0 radical (unpaired) electrons. The van der Waals surface area contributed by atoms with Gasteiger partial charge in [-0.1, -0.05) is 24.3 Å². The van der Waals surface area contributed by atoms with Gasteiger partial charge in [-0.2, -0.15) is 0 Å². The highest BCUT2D eigenvalue weighted by Crippen LogP contribution is 2.24. The number of rotatable bonds is 4. The van der Waals surface area contributed by atoms with Crippen LogP contribution in [0.5, 0.6) is 0 Å². The maximum atomic E-state index is 11.0. The van der Waals surface area contributed by atoms with Gasteiger partial charge in [0.2, 0.25) is 0 Å². The molecule has 0 spiro atoms. The quantitative estimate of drug-likeness (QED) is 0.741. The molecule has 5 nitrogen and oxygen atoms in total. The first kappa shape index (κ1) is 11.3. The third-order valence-electron chi connectivity index (χ3n) is 2.43. The van der Waals surface area contributed by atoms with Crippen molar-refractivity contribution in [2.75, 3.05) is 18.5 Å². The summed E-state index contributed by atoms with van der Waals surface area (Å²) >= 11 is 0. The van der Waals surface area contributed by atoms with Crippen LogP contribution in [0.15, 0.2) is 30.5 Å². The Morgan fingerprint density at radius 2 is 2.00 bits per heavy atom. The van der Waals surface area contributed by atoms with E-state index in [4.69, 9.17) is 10.2 Å². The smallest absolute Gasteiger partial charge is 0.337 e. The number of carboxylic acids is 1. The van der Waals surface area contributed by atoms with Crippen LogP contribution >= 0.6 is 0 Å². The van der Waals surface area contributed by atoms with Gasteiger partial charge in [-0.05, 0) is 0 Å². The molecule has 1 aromatic carbocycles. The second-order valence-corrected chi connectivity index (χ2v) is 3.52. The second kappa shape index (κ2) is 4.80. The van der Waals surface area contributed by atoms with Crippen LogP contribution in [-0.2, 0) is 0 Å². The number of benzene rings is 1. The lowest BCUT2D eigenvalue weighted by Gasteiger charge is -2.09. The van der Waals surface area contributed by atoms with Gasteiger partial charge in [0.05, 0.1) is 12.2 Å². The number of fused-ring (bicyclic) bond motifs is 1.